The highest BCUT2D eigenvalue weighted by molar-refractivity contribution is 7.99. The van der Waals surface area contributed by atoms with Gasteiger partial charge in [-0.15, -0.1) is 23.5 Å². The van der Waals surface area contributed by atoms with Crippen molar-refractivity contribution >= 4 is 23.5 Å². The van der Waals surface area contributed by atoms with Gasteiger partial charge in [-0.3, -0.25) is 0 Å². The number of rotatable bonds is 14. The van der Waals surface area contributed by atoms with Gasteiger partial charge in [-0.25, -0.2) is 4.98 Å². The minimum absolute atomic E-state index is 0.200. The summed E-state index contributed by atoms with van der Waals surface area (Å²) in [6.07, 6.45) is 7.74. The zero-order valence-corrected chi connectivity index (χ0v) is 16.4. The molecular formula is C19H29NO2S2. The zero-order valence-electron chi connectivity index (χ0n) is 14.8. The average Bonchev–Trinajstić information content (AvgIpc) is 2.59. The normalized spacial score (nSPS) is 13.1. The van der Waals surface area contributed by atoms with E-state index in [1.165, 1.54) is 12.5 Å². The molecule has 0 radical (unpaired) electrons. The predicted octanol–water partition coefficient (Wildman–Crippen LogP) is 5.92. The highest BCUT2D eigenvalue weighted by Gasteiger charge is 2.11. The van der Waals surface area contributed by atoms with Crippen molar-refractivity contribution < 1.29 is 9.47 Å². The molecule has 1 rings (SSSR count). The van der Waals surface area contributed by atoms with Crippen LogP contribution in [0.3, 0.4) is 0 Å². The minimum atomic E-state index is 0.200. The van der Waals surface area contributed by atoms with Crippen molar-refractivity contribution in [3.8, 4) is 0 Å². The van der Waals surface area contributed by atoms with E-state index in [2.05, 4.69) is 45.2 Å². The van der Waals surface area contributed by atoms with E-state index in [1.54, 1.807) is 23.5 Å². The lowest BCUT2D eigenvalue weighted by atomic mass is 10.2. The van der Waals surface area contributed by atoms with E-state index in [9.17, 15) is 0 Å². The summed E-state index contributed by atoms with van der Waals surface area (Å²) in [4.78, 5) is 4.72. The summed E-state index contributed by atoms with van der Waals surface area (Å²) < 4.78 is 11.1. The molecule has 1 aromatic rings. The van der Waals surface area contributed by atoms with Crippen LogP contribution >= 0.6 is 23.5 Å². The molecule has 5 heteroatoms. The third-order valence-corrected chi connectivity index (χ3v) is 5.45. The van der Waals surface area contributed by atoms with Crippen LogP contribution in [0.5, 0.6) is 0 Å². The molecule has 0 saturated heterocycles. The molecule has 0 saturated carbocycles. The number of pyridine rings is 1. The van der Waals surface area contributed by atoms with Gasteiger partial charge >= 0.3 is 0 Å². The first kappa shape index (κ1) is 21.0. The second-order valence-corrected chi connectivity index (χ2v) is 7.44. The van der Waals surface area contributed by atoms with Crippen molar-refractivity contribution in [2.75, 3.05) is 11.5 Å². The van der Waals surface area contributed by atoms with E-state index < -0.39 is 0 Å². The average molecular weight is 368 g/mol. The highest BCUT2D eigenvalue weighted by atomic mass is 32.2. The van der Waals surface area contributed by atoms with E-state index in [4.69, 9.17) is 14.5 Å². The molecule has 0 fully saturated rings. The first-order chi connectivity index (χ1) is 11.7. The molecule has 0 spiro atoms. The molecule has 134 valence electrons. The van der Waals surface area contributed by atoms with Crippen molar-refractivity contribution in [3.63, 3.8) is 0 Å². The summed E-state index contributed by atoms with van der Waals surface area (Å²) in [7, 11) is 0. The lowest BCUT2D eigenvalue weighted by molar-refractivity contribution is 0.157. The largest absolute Gasteiger partial charge is 0.498 e. The van der Waals surface area contributed by atoms with E-state index in [0.29, 0.717) is 0 Å². The molecule has 0 aromatic carbocycles. The van der Waals surface area contributed by atoms with Gasteiger partial charge in [0.1, 0.15) is 12.2 Å². The Hall–Kier alpha value is -1.07. The van der Waals surface area contributed by atoms with Gasteiger partial charge in [-0.05, 0) is 25.0 Å². The summed E-state index contributed by atoms with van der Waals surface area (Å²) in [5.41, 5.74) is 0. The van der Waals surface area contributed by atoms with E-state index >= 15 is 0 Å². The second-order valence-electron chi connectivity index (χ2n) is 5.36. The second kappa shape index (κ2) is 13.2. The highest BCUT2D eigenvalue weighted by Crippen LogP contribution is 2.24. The van der Waals surface area contributed by atoms with Crippen LogP contribution in [0.2, 0.25) is 0 Å². The quantitative estimate of drug-likeness (QED) is 0.301. The van der Waals surface area contributed by atoms with Crippen molar-refractivity contribution in [3.05, 3.63) is 43.9 Å². The molecule has 0 aliphatic rings. The molecule has 1 aromatic heterocycles. The molecule has 2 atom stereocenters. The van der Waals surface area contributed by atoms with Crippen molar-refractivity contribution in [1.82, 2.24) is 4.98 Å². The van der Waals surface area contributed by atoms with Gasteiger partial charge < -0.3 is 9.47 Å². The van der Waals surface area contributed by atoms with Crippen molar-refractivity contribution in [2.24, 2.45) is 0 Å². The van der Waals surface area contributed by atoms with Gasteiger partial charge in [-0.2, -0.15) is 0 Å². The molecule has 0 aliphatic heterocycles. The Morgan fingerprint density at radius 3 is 1.79 bits per heavy atom. The van der Waals surface area contributed by atoms with Crippen LogP contribution in [0.4, 0.5) is 0 Å². The monoisotopic (exact) mass is 367 g/mol. The maximum atomic E-state index is 5.55. The smallest absolute Gasteiger partial charge is 0.107 e. The Balaban J connectivity index is 2.52. The molecule has 1 heterocycles. The fraction of sp³-hybridized carbons (Fsp3) is 0.526. The summed E-state index contributed by atoms with van der Waals surface area (Å²) in [6.45, 7) is 11.6. The van der Waals surface area contributed by atoms with Gasteiger partial charge in [0.2, 0.25) is 0 Å². The Bertz CT molecular complexity index is 443. The molecular weight excluding hydrogens is 338 g/mol. The van der Waals surface area contributed by atoms with Crippen LogP contribution in [-0.4, -0.2) is 28.7 Å². The number of hydrogen-bond acceptors (Lipinski definition) is 5. The van der Waals surface area contributed by atoms with Gasteiger partial charge in [0.05, 0.1) is 22.6 Å². The van der Waals surface area contributed by atoms with E-state index in [-0.39, 0.29) is 12.2 Å². The molecule has 0 bridgehead atoms. The molecule has 0 aliphatic carbocycles. The minimum Gasteiger partial charge on any atom is -0.498 e. The van der Waals surface area contributed by atoms with Gasteiger partial charge in [0, 0.05) is 11.5 Å². The fourth-order valence-corrected chi connectivity index (χ4v) is 4.15. The van der Waals surface area contributed by atoms with Crippen LogP contribution in [0.25, 0.3) is 0 Å². The molecule has 0 N–H and O–H groups in total. The molecule has 0 amide bonds. The Morgan fingerprint density at radius 2 is 1.42 bits per heavy atom. The number of thioether (sulfide) groups is 2. The van der Waals surface area contributed by atoms with Crippen molar-refractivity contribution in [2.45, 2.75) is 61.8 Å². The predicted molar refractivity (Wildman–Crippen MR) is 106 cm³/mol. The Morgan fingerprint density at radius 1 is 0.958 bits per heavy atom. The van der Waals surface area contributed by atoms with Gasteiger partial charge in [0.15, 0.2) is 0 Å². The third kappa shape index (κ3) is 8.69. The standard InChI is InChI=1S/C19H29NO2S2/c1-5-10-16(21-7-3)14-23-18-12-9-13-19(20-18)24-15-17(11-6-2)22-8-4/h7-9,12-13,16-17H,3-6,10-11,14-15H2,1-2H3. The van der Waals surface area contributed by atoms with Crippen LogP contribution in [-0.2, 0) is 9.47 Å². The summed E-state index contributed by atoms with van der Waals surface area (Å²) in [5, 5.41) is 2.07. The summed E-state index contributed by atoms with van der Waals surface area (Å²) in [6, 6.07) is 6.16. The Labute approximate surface area is 155 Å². The maximum absolute atomic E-state index is 5.55. The third-order valence-electron chi connectivity index (χ3n) is 3.33. The number of ether oxygens (including phenoxy) is 2. The lowest BCUT2D eigenvalue weighted by Gasteiger charge is -2.16. The summed E-state index contributed by atoms with van der Waals surface area (Å²) in [5.74, 6) is 1.78. The van der Waals surface area contributed by atoms with Crippen LogP contribution in [0.1, 0.15) is 39.5 Å². The first-order valence-electron chi connectivity index (χ1n) is 8.48. The fourth-order valence-electron chi connectivity index (χ4n) is 2.21. The van der Waals surface area contributed by atoms with Gasteiger partial charge in [0.25, 0.3) is 0 Å². The Kier molecular flexibility index (Phi) is 11.6. The van der Waals surface area contributed by atoms with Crippen LogP contribution in [0.15, 0.2) is 53.9 Å². The number of aromatic nitrogens is 1. The molecule has 2 unspecified atom stereocenters. The van der Waals surface area contributed by atoms with Crippen LogP contribution in [0, 0.1) is 0 Å². The van der Waals surface area contributed by atoms with Crippen LogP contribution < -0.4 is 0 Å². The van der Waals surface area contributed by atoms with Gasteiger partial charge in [-0.1, -0.05) is 45.9 Å². The zero-order chi connectivity index (χ0) is 17.6. The number of nitrogens with zero attached hydrogens (tertiary/aromatic N) is 1. The number of hydrogen-bond donors (Lipinski definition) is 0. The SMILES string of the molecule is C=COC(CCC)CSc1cccc(SCC(CCC)OC=C)n1. The molecule has 3 nitrogen and oxygen atoms in total. The molecule has 24 heavy (non-hydrogen) atoms. The van der Waals surface area contributed by atoms with Crippen molar-refractivity contribution in [1.29, 1.82) is 0 Å². The lowest BCUT2D eigenvalue weighted by Crippen LogP contribution is -2.13. The maximum Gasteiger partial charge on any atom is 0.107 e. The topological polar surface area (TPSA) is 31.4 Å². The summed E-state index contributed by atoms with van der Waals surface area (Å²) >= 11 is 3.47. The van der Waals surface area contributed by atoms with E-state index in [0.717, 1.165) is 47.2 Å². The first-order valence-corrected chi connectivity index (χ1v) is 10.5. The van der Waals surface area contributed by atoms with E-state index in [1.807, 2.05) is 0 Å².